The number of aliphatic hydroxyl groups excluding tert-OH is 1. The van der Waals surface area contributed by atoms with Crippen molar-refractivity contribution in [1.82, 2.24) is 0 Å². The van der Waals surface area contributed by atoms with Crippen LogP contribution in [0.1, 0.15) is 13.8 Å². The van der Waals surface area contributed by atoms with Gasteiger partial charge in [-0.15, -0.1) is 0 Å². The lowest BCUT2D eigenvalue weighted by molar-refractivity contribution is -0.0633. The number of aliphatic hydroxyl groups is 1. The SMILES string of the molecule is CCOC(O)C(C=NC)=C(C)N. The Balaban J connectivity index is 4.42. The number of aliphatic imine (C=N–C) groups is 1. The Morgan fingerprint density at radius 2 is 2.33 bits per heavy atom. The van der Waals surface area contributed by atoms with Crippen LogP contribution in [0.25, 0.3) is 0 Å². The highest BCUT2D eigenvalue weighted by atomic mass is 16.6. The minimum absolute atomic E-state index is 0.440. The average molecular weight is 172 g/mol. The average Bonchev–Trinajstić information content (AvgIpc) is 1.99. The highest BCUT2D eigenvalue weighted by Crippen LogP contribution is 2.04. The quantitative estimate of drug-likeness (QED) is 0.472. The van der Waals surface area contributed by atoms with E-state index in [1.807, 2.05) is 0 Å². The van der Waals surface area contributed by atoms with Crippen molar-refractivity contribution in [3.63, 3.8) is 0 Å². The molecule has 0 radical (unpaired) electrons. The van der Waals surface area contributed by atoms with E-state index in [0.29, 0.717) is 17.9 Å². The molecular formula is C8H16N2O2. The molecule has 0 aliphatic rings. The minimum Gasteiger partial charge on any atom is -0.402 e. The summed E-state index contributed by atoms with van der Waals surface area (Å²) in [5, 5.41) is 9.36. The Labute approximate surface area is 72.7 Å². The van der Waals surface area contributed by atoms with Gasteiger partial charge in [-0.3, -0.25) is 4.99 Å². The van der Waals surface area contributed by atoms with Gasteiger partial charge in [0.15, 0.2) is 6.29 Å². The fourth-order valence-electron chi connectivity index (χ4n) is 0.747. The molecule has 0 spiro atoms. The predicted octanol–water partition coefficient (Wildman–Crippen LogP) is 0.275. The second-order valence-corrected chi connectivity index (χ2v) is 2.33. The van der Waals surface area contributed by atoms with Crippen LogP contribution in [0.15, 0.2) is 16.3 Å². The van der Waals surface area contributed by atoms with Crippen molar-refractivity contribution in [2.45, 2.75) is 20.1 Å². The highest BCUT2D eigenvalue weighted by molar-refractivity contribution is 5.80. The first-order chi connectivity index (χ1) is 5.63. The number of rotatable bonds is 4. The number of nitrogens with zero attached hydrogens (tertiary/aromatic N) is 1. The van der Waals surface area contributed by atoms with Gasteiger partial charge in [0.1, 0.15) is 0 Å². The summed E-state index contributed by atoms with van der Waals surface area (Å²) in [5.41, 5.74) is 6.53. The zero-order valence-electron chi connectivity index (χ0n) is 7.74. The molecule has 0 aromatic carbocycles. The van der Waals surface area contributed by atoms with E-state index in [1.54, 1.807) is 20.9 Å². The fourth-order valence-corrected chi connectivity index (χ4v) is 0.747. The van der Waals surface area contributed by atoms with Gasteiger partial charge in [-0.25, -0.2) is 0 Å². The van der Waals surface area contributed by atoms with E-state index in [-0.39, 0.29) is 0 Å². The summed E-state index contributed by atoms with van der Waals surface area (Å²) in [6.07, 6.45) is 0.527. The van der Waals surface area contributed by atoms with Gasteiger partial charge in [0.25, 0.3) is 0 Å². The van der Waals surface area contributed by atoms with Crippen LogP contribution in [-0.2, 0) is 4.74 Å². The van der Waals surface area contributed by atoms with Gasteiger partial charge in [0.05, 0.1) is 0 Å². The van der Waals surface area contributed by atoms with Crippen molar-refractivity contribution in [3.05, 3.63) is 11.3 Å². The molecule has 0 saturated heterocycles. The Morgan fingerprint density at radius 3 is 2.67 bits per heavy atom. The molecule has 0 fully saturated rings. The Bertz CT molecular complexity index is 183. The first-order valence-corrected chi connectivity index (χ1v) is 3.81. The van der Waals surface area contributed by atoms with Crippen LogP contribution >= 0.6 is 0 Å². The van der Waals surface area contributed by atoms with Gasteiger partial charge in [-0.05, 0) is 13.8 Å². The Morgan fingerprint density at radius 1 is 1.75 bits per heavy atom. The van der Waals surface area contributed by atoms with E-state index in [2.05, 4.69) is 4.99 Å². The number of nitrogens with two attached hydrogens (primary N) is 1. The second-order valence-electron chi connectivity index (χ2n) is 2.33. The molecule has 3 N–H and O–H groups in total. The van der Waals surface area contributed by atoms with Crippen LogP contribution in [0.5, 0.6) is 0 Å². The molecule has 0 aromatic heterocycles. The summed E-state index contributed by atoms with van der Waals surface area (Å²) < 4.78 is 4.94. The molecule has 12 heavy (non-hydrogen) atoms. The van der Waals surface area contributed by atoms with Crippen LogP contribution in [0.3, 0.4) is 0 Å². The lowest BCUT2D eigenvalue weighted by Gasteiger charge is -2.12. The maximum atomic E-state index is 9.36. The maximum absolute atomic E-state index is 9.36. The number of hydrogen-bond donors (Lipinski definition) is 2. The van der Waals surface area contributed by atoms with Crippen molar-refractivity contribution in [3.8, 4) is 0 Å². The molecule has 0 bridgehead atoms. The van der Waals surface area contributed by atoms with E-state index in [1.165, 1.54) is 6.21 Å². The number of allylic oxidation sites excluding steroid dienone is 1. The van der Waals surface area contributed by atoms with Crippen molar-refractivity contribution in [2.75, 3.05) is 13.7 Å². The smallest absolute Gasteiger partial charge is 0.184 e. The lowest BCUT2D eigenvalue weighted by atomic mass is 10.2. The third-order valence-corrected chi connectivity index (χ3v) is 1.31. The van der Waals surface area contributed by atoms with Gasteiger partial charge < -0.3 is 15.6 Å². The van der Waals surface area contributed by atoms with E-state index < -0.39 is 6.29 Å². The number of ether oxygens (including phenoxy) is 1. The van der Waals surface area contributed by atoms with Gasteiger partial charge in [-0.2, -0.15) is 0 Å². The third-order valence-electron chi connectivity index (χ3n) is 1.31. The molecule has 0 heterocycles. The third kappa shape index (κ3) is 3.50. The Hall–Kier alpha value is -0.870. The van der Waals surface area contributed by atoms with Crippen molar-refractivity contribution < 1.29 is 9.84 Å². The van der Waals surface area contributed by atoms with Gasteiger partial charge >= 0.3 is 0 Å². The molecule has 0 amide bonds. The summed E-state index contributed by atoms with van der Waals surface area (Å²) in [6, 6.07) is 0. The predicted molar refractivity (Wildman–Crippen MR) is 48.9 cm³/mol. The largest absolute Gasteiger partial charge is 0.402 e. The summed E-state index contributed by atoms with van der Waals surface area (Å²) in [7, 11) is 1.61. The maximum Gasteiger partial charge on any atom is 0.184 e. The van der Waals surface area contributed by atoms with Crippen molar-refractivity contribution >= 4 is 6.21 Å². The zero-order valence-corrected chi connectivity index (χ0v) is 7.74. The molecular weight excluding hydrogens is 156 g/mol. The van der Waals surface area contributed by atoms with Crippen molar-refractivity contribution in [1.29, 1.82) is 0 Å². The molecule has 0 aliphatic heterocycles. The molecule has 1 unspecified atom stereocenters. The molecule has 0 aromatic rings. The Kier molecular flexibility index (Phi) is 5.32. The molecule has 70 valence electrons. The van der Waals surface area contributed by atoms with Crippen molar-refractivity contribution in [2.24, 2.45) is 10.7 Å². The van der Waals surface area contributed by atoms with Gasteiger partial charge in [0.2, 0.25) is 0 Å². The second kappa shape index (κ2) is 5.74. The molecule has 0 rings (SSSR count). The first-order valence-electron chi connectivity index (χ1n) is 3.81. The van der Waals surface area contributed by atoms with Gasteiger partial charge in [-0.1, -0.05) is 0 Å². The van der Waals surface area contributed by atoms with Crippen LogP contribution < -0.4 is 5.73 Å². The topological polar surface area (TPSA) is 67.8 Å². The molecule has 1 atom stereocenters. The minimum atomic E-state index is -0.969. The standard InChI is InChI=1S/C8H16N2O2/c1-4-12-8(11)7(5-10-3)6(2)9/h5,8,11H,4,9H2,1-3H3. The van der Waals surface area contributed by atoms with Crippen LogP contribution in [0.2, 0.25) is 0 Å². The number of hydrogen-bond acceptors (Lipinski definition) is 4. The molecule has 0 aliphatic carbocycles. The fraction of sp³-hybridized carbons (Fsp3) is 0.625. The van der Waals surface area contributed by atoms with E-state index in [9.17, 15) is 5.11 Å². The summed E-state index contributed by atoms with van der Waals surface area (Å²) >= 11 is 0. The van der Waals surface area contributed by atoms with E-state index >= 15 is 0 Å². The van der Waals surface area contributed by atoms with Gasteiger partial charge in [0, 0.05) is 31.1 Å². The zero-order chi connectivity index (χ0) is 9.56. The molecule has 0 saturated carbocycles. The van der Waals surface area contributed by atoms with E-state index in [4.69, 9.17) is 10.5 Å². The normalized spacial score (nSPS) is 16.3. The van der Waals surface area contributed by atoms with Crippen LogP contribution in [0.4, 0.5) is 0 Å². The molecule has 4 nitrogen and oxygen atoms in total. The first kappa shape index (κ1) is 11.1. The lowest BCUT2D eigenvalue weighted by Crippen LogP contribution is -2.19. The summed E-state index contributed by atoms with van der Waals surface area (Å²) in [5.74, 6) is 0. The summed E-state index contributed by atoms with van der Waals surface area (Å²) in [4.78, 5) is 3.76. The highest BCUT2D eigenvalue weighted by Gasteiger charge is 2.09. The van der Waals surface area contributed by atoms with Crippen LogP contribution in [-0.4, -0.2) is 31.3 Å². The van der Waals surface area contributed by atoms with Crippen LogP contribution in [0, 0.1) is 0 Å². The molecule has 4 heteroatoms. The monoisotopic (exact) mass is 172 g/mol. The van der Waals surface area contributed by atoms with E-state index in [0.717, 1.165) is 0 Å². The summed E-state index contributed by atoms with van der Waals surface area (Å²) in [6.45, 7) is 3.94.